The van der Waals surface area contributed by atoms with Crippen LogP contribution in [-0.2, 0) is 21.0 Å². The number of rotatable bonds is 4. The van der Waals surface area contributed by atoms with E-state index in [0.29, 0.717) is 0 Å². The van der Waals surface area contributed by atoms with Crippen LogP contribution in [0, 0.1) is 23.7 Å². The molecule has 7 heteroatoms. The highest BCUT2D eigenvalue weighted by molar-refractivity contribution is 5.89. The summed E-state index contributed by atoms with van der Waals surface area (Å²) in [5.74, 6) is -2.17. The first kappa shape index (κ1) is 16.0. The van der Waals surface area contributed by atoms with E-state index in [1.165, 1.54) is 0 Å². The van der Waals surface area contributed by atoms with Crippen molar-refractivity contribution in [3.8, 4) is 0 Å². The minimum absolute atomic E-state index is 0.00448. The SMILES string of the molecule is NC(=O)C1C2C=CC(C2)C1C(=O)NOC(=O)NCc1ccccc1. The van der Waals surface area contributed by atoms with E-state index >= 15 is 0 Å². The van der Waals surface area contributed by atoms with Gasteiger partial charge in [0.1, 0.15) is 0 Å². The summed E-state index contributed by atoms with van der Waals surface area (Å²) in [4.78, 5) is 40.3. The lowest BCUT2D eigenvalue weighted by Gasteiger charge is -2.24. The third kappa shape index (κ3) is 3.24. The first-order valence-electron chi connectivity index (χ1n) is 7.82. The molecule has 3 amide bonds. The quantitative estimate of drug-likeness (QED) is 0.562. The maximum atomic E-state index is 12.3. The lowest BCUT2D eigenvalue weighted by molar-refractivity contribution is -0.140. The van der Waals surface area contributed by atoms with Gasteiger partial charge in [-0.1, -0.05) is 42.5 Å². The van der Waals surface area contributed by atoms with Crippen molar-refractivity contribution < 1.29 is 19.2 Å². The van der Waals surface area contributed by atoms with Gasteiger partial charge in [0.05, 0.1) is 11.8 Å². The van der Waals surface area contributed by atoms with Crippen LogP contribution < -0.4 is 16.5 Å². The van der Waals surface area contributed by atoms with Crippen LogP contribution >= 0.6 is 0 Å². The van der Waals surface area contributed by atoms with E-state index in [-0.39, 0.29) is 18.4 Å². The number of allylic oxidation sites excluding steroid dienone is 2. The third-order valence-corrected chi connectivity index (χ3v) is 4.61. The molecule has 1 fully saturated rings. The Morgan fingerprint density at radius 3 is 2.42 bits per heavy atom. The Morgan fingerprint density at radius 2 is 1.75 bits per heavy atom. The molecule has 1 aromatic carbocycles. The number of fused-ring (bicyclic) bond motifs is 2. The molecular weight excluding hydrogens is 310 g/mol. The molecule has 7 nitrogen and oxygen atoms in total. The fraction of sp³-hybridized carbons (Fsp3) is 0.353. The fourth-order valence-corrected chi connectivity index (χ4v) is 3.54. The molecule has 0 aromatic heterocycles. The average molecular weight is 329 g/mol. The molecule has 2 aliphatic rings. The number of carbonyl (C=O) groups excluding carboxylic acids is 3. The number of amides is 3. The van der Waals surface area contributed by atoms with Crippen LogP contribution in [0.4, 0.5) is 4.79 Å². The van der Waals surface area contributed by atoms with Crippen molar-refractivity contribution in [2.75, 3.05) is 0 Å². The largest absolute Gasteiger partial charge is 0.431 e. The van der Waals surface area contributed by atoms with Crippen LogP contribution in [0.1, 0.15) is 12.0 Å². The number of nitrogens with one attached hydrogen (secondary N) is 2. The zero-order valence-electron chi connectivity index (χ0n) is 13.0. The highest BCUT2D eigenvalue weighted by atomic mass is 16.7. The van der Waals surface area contributed by atoms with Gasteiger partial charge in [-0.15, -0.1) is 0 Å². The Hall–Kier alpha value is -2.83. The van der Waals surface area contributed by atoms with Gasteiger partial charge in [-0.05, 0) is 23.8 Å². The van der Waals surface area contributed by atoms with Crippen LogP contribution in [0.3, 0.4) is 0 Å². The number of benzene rings is 1. The summed E-state index contributed by atoms with van der Waals surface area (Å²) in [5, 5.41) is 2.53. The first-order chi connectivity index (χ1) is 11.6. The molecule has 0 spiro atoms. The van der Waals surface area contributed by atoms with Crippen LogP contribution in [0.5, 0.6) is 0 Å². The summed E-state index contributed by atoms with van der Waals surface area (Å²) in [6.45, 7) is 0.288. The van der Waals surface area contributed by atoms with Gasteiger partial charge in [-0.2, -0.15) is 5.48 Å². The van der Waals surface area contributed by atoms with Crippen LogP contribution in [-0.4, -0.2) is 17.9 Å². The number of primary amides is 1. The zero-order chi connectivity index (χ0) is 17.1. The molecule has 2 bridgehead atoms. The van der Waals surface area contributed by atoms with E-state index in [2.05, 4.69) is 10.8 Å². The minimum atomic E-state index is -0.762. The topological polar surface area (TPSA) is 111 Å². The normalized spacial score (nSPS) is 26.8. The molecule has 4 N–H and O–H groups in total. The lowest BCUT2D eigenvalue weighted by Crippen LogP contribution is -2.44. The average Bonchev–Trinajstić information content (AvgIpc) is 3.20. The van der Waals surface area contributed by atoms with Gasteiger partial charge in [-0.25, -0.2) is 4.79 Å². The van der Waals surface area contributed by atoms with Crippen molar-refractivity contribution >= 4 is 17.9 Å². The van der Waals surface area contributed by atoms with E-state index in [1.54, 1.807) is 0 Å². The Morgan fingerprint density at radius 1 is 1.08 bits per heavy atom. The maximum Gasteiger partial charge on any atom is 0.431 e. The van der Waals surface area contributed by atoms with Gasteiger partial charge >= 0.3 is 6.09 Å². The van der Waals surface area contributed by atoms with Crippen LogP contribution in [0.25, 0.3) is 0 Å². The number of nitrogens with two attached hydrogens (primary N) is 1. The molecule has 0 saturated heterocycles. The Bertz CT molecular complexity index is 674. The third-order valence-electron chi connectivity index (χ3n) is 4.61. The van der Waals surface area contributed by atoms with E-state index < -0.39 is 29.7 Å². The summed E-state index contributed by atoms with van der Waals surface area (Å²) in [6, 6.07) is 9.31. The second-order valence-electron chi connectivity index (χ2n) is 6.10. The molecule has 0 aliphatic heterocycles. The molecule has 1 saturated carbocycles. The molecule has 4 unspecified atom stereocenters. The summed E-state index contributed by atoms with van der Waals surface area (Å²) < 4.78 is 0. The second kappa shape index (κ2) is 6.74. The molecular formula is C17H19N3O4. The van der Waals surface area contributed by atoms with Gasteiger partial charge in [0.15, 0.2) is 0 Å². The summed E-state index contributed by atoms with van der Waals surface area (Å²) in [6.07, 6.45) is 3.81. The molecule has 126 valence electrons. The number of carbonyl (C=O) groups is 3. The first-order valence-corrected chi connectivity index (χ1v) is 7.82. The monoisotopic (exact) mass is 329 g/mol. The smallest absolute Gasteiger partial charge is 0.369 e. The predicted molar refractivity (Wildman–Crippen MR) is 84.8 cm³/mol. The minimum Gasteiger partial charge on any atom is -0.369 e. The van der Waals surface area contributed by atoms with Crippen molar-refractivity contribution in [3.05, 3.63) is 48.0 Å². The fourth-order valence-electron chi connectivity index (χ4n) is 3.54. The maximum absolute atomic E-state index is 12.3. The lowest BCUT2D eigenvalue weighted by atomic mass is 9.82. The van der Waals surface area contributed by atoms with Crippen molar-refractivity contribution in [1.82, 2.24) is 10.8 Å². The van der Waals surface area contributed by atoms with Crippen molar-refractivity contribution in [3.63, 3.8) is 0 Å². The molecule has 3 rings (SSSR count). The molecule has 24 heavy (non-hydrogen) atoms. The van der Waals surface area contributed by atoms with E-state index in [1.807, 2.05) is 42.5 Å². The summed E-state index contributed by atoms with van der Waals surface area (Å²) in [5.41, 5.74) is 8.46. The van der Waals surface area contributed by atoms with Gasteiger partial charge in [0.2, 0.25) is 5.91 Å². The van der Waals surface area contributed by atoms with Crippen molar-refractivity contribution in [2.45, 2.75) is 13.0 Å². The van der Waals surface area contributed by atoms with E-state index in [0.717, 1.165) is 12.0 Å². The second-order valence-corrected chi connectivity index (χ2v) is 6.10. The Balaban J connectivity index is 1.49. The summed E-state index contributed by atoms with van der Waals surface area (Å²) in [7, 11) is 0. The molecule has 0 heterocycles. The van der Waals surface area contributed by atoms with Gasteiger partial charge in [0.25, 0.3) is 5.91 Å². The highest BCUT2D eigenvalue weighted by Crippen LogP contribution is 2.47. The number of hydrogen-bond donors (Lipinski definition) is 3. The van der Waals surface area contributed by atoms with Gasteiger partial charge in [0, 0.05) is 6.54 Å². The van der Waals surface area contributed by atoms with E-state index in [4.69, 9.17) is 10.6 Å². The predicted octanol–water partition coefficient (Wildman–Crippen LogP) is 0.868. The Labute approximate surface area is 139 Å². The summed E-state index contributed by atoms with van der Waals surface area (Å²) >= 11 is 0. The van der Waals surface area contributed by atoms with Crippen molar-refractivity contribution in [1.29, 1.82) is 0 Å². The van der Waals surface area contributed by atoms with E-state index in [9.17, 15) is 14.4 Å². The van der Waals surface area contributed by atoms with Crippen molar-refractivity contribution in [2.24, 2.45) is 29.4 Å². The van der Waals surface area contributed by atoms with Gasteiger partial charge in [-0.3, -0.25) is 9.59 Å². The number of hydroxylamine groups is 1. The zero-order valence-corrected chi connectivity index (χ0v) is 13.0. The molecule has 4 atom stereocenters. The van der Waals surface area contributed by atoms with Crippen LogP contribution in [0.15, 0.2) is 42.5 Å². The van der Waals surface area contributed by atoms with Crippen LogP contribution in [0.2, 0.25) is 0 Å². The molecule has 1 aromatic rings. The highest BCUT2D eigenvalue weighted by Gasteiger charge is 2.51. The number of hydrogen-bond acceptors (Lipinski definition) is 4. The Kier molecular flexibility index (Phi) is 4.50. The standard InChI is InChI=1S/C17H19N3O4/c18-15(21)13-11-6-7-12(8-11)14(13)16(22)20-24-17(23)19-9-10-4-2-1-3-5-10/h1-7,11-14H,8-9H2,(H2,18,21)(H,19,23)(H,20,22). The molecule has 2 aliphatic carbocycles. The molecule has 0 radical (unpaired) electrons. The van der Waals surface area contributed by atoms with Gasteiger partial charge < -0.3 is 15.9 Å².